The fourth-order valence-electron chi connectivity index (χ4n) is 11.4. The van der Waals surface area contributed by atoms with E-state index < -0.39 is 106 Å². The standard InChI is InChI=1S/C64H42N8O16S4/c73-61(37-13-1-5-25-53(37)89(77,78)79)69-41-21-9-17-33-45-30-50-59-35(19-11-23-43(59)71-63(75)39-15-3-7-27-55(39)91(83,84)85)47(67-50)32-52-60-36(20-12-24-44(60)72-64(76)40-16-4-8-28-56(40)92(86,87)88)48(68-52)31-51-58-34(46(66-51)29-49(65-45)57(33)41)18-10-22-42(58)70-62(74)38-14-2-6-26-54(38)90(80,81)82/h1-32,65,68H,(H,69,73)(H,70,74)(H,71,75)(H,72,76)(H,77,78,79)(H,80,81,82)(H,83,84,85)(H,86,87,88). The highest BCUT2D eigenvalue weighted by molar-refractivity contribution is 7.86. The van der Waals surface area contributed by atoms with Gasteiger partial charge in [0.25, 0.3) is 64.1 Å². The predicted octanol–water partition coefficient (Wildman–Crippen LogP) is 11.3. The van der Waals surface area contributed by atoms with E-state index in [0.717, 1.165) is 24.3 Å². The van der Waals surface area contributed by atoms with Crippen molar-refractivity contribution in [3.63, 3.8) is 0 Å². The molecule has 4 amide bonds. The molecule has 5 heterocycles. The Balaban J connectivity index is 1.11. The number of H-pyrrole nitrogens is 2. The van der Waals surface area contributed by atoms with E-state index in [4.69, 9.17) is 9.97 Å². The molecule has 0 spiro atoms. The first-order chi connectivity index (χ1) is 43.8. The molecule has 13 rings (SSSR count). The quantitative estimate of drug-likeness (QED) is 0.0508. The van der Waals surface area contributed by atoms with Gasteiger partial charge in [0.15, 0.2) is 0 Å². The Hall–Kier alpha value is -11.1. The van der Waals surface area contributed by atoms with E-state index in [2.05, 4.69) is 31.2 Å². The van der Waals surface area contributed by atoms with Crippen molar-refractivity contribution in [3.05, 3.63) is 216 Å². The number of amides is 4. The summed E-state index contributed by atoms with van der Waals surface area (Å²) in [6.45, 7) is 0. The number of hydrogen-bond acceptors (Lipinski definition) is 14. The summed E-state index contributed by atoms with van der Waals surface area (Å²) in [6.07, 6.45) is 0. The summed E-state index contributed by atoms with van der Waals surface area (Å²) in [5.41, 5.74) is 1.97. The number of fused-ring (bicyclic) bond motifs is 20. The number of nitrogens with one attached hydrogen (secondary N) is 6. The number of carbonyl (C=O) groups excluding carboxylic acids is 4. The summed E-state index contributed by atoms with van der Waals surface area (Å²) in [7, 11) is -19.7. The van der Waals surface area contributed by atoms with Gasteiger partial charge in [0.1, 0.15) is 19.6 Å². The zero-order valence-electron chi connectivity index (χ0n) is 46.7. The van der Waals surface area contributed by atoms with Crippen LogP contribution in [-0.4, -0.2) is 95.4 Å². The molecule has 0 aliphatic carbocycles. The first-order valence-electron chi connectivity index (χ1n) is 27.2. The Morgan fingerprint density at radius 3 is 0.902 bits per heavy atom. The highest BCUT2D eigenvalue weighted by Gasteiger charge is 2.30. The number of aromatic amines is 2. The summed E-state index contributed by atoms with van der Waals surface area (Å²) >= 11 is 0. The third-order valence-electron chi connectivity index (χ3n) is 15.2. The van der Waals surface area contributed by atoms with Crippen LogP contribution in [0.5, 0.6) is 0 Å². The lowest BCUT2D eigenvalue weighted by atomic mass is 10.0. The van der Waals surface area contributed by atoms with Crippen molar-refractivity contribution < 1.29 is 71.1 Å². The molecule has 8 aromatic carbocycles. The number of rotatable bonds is 12. The lowest BCUT2D eigenvalue weighted by molar-refractivity contribution is 0.101. The fraction of sp³-hybridized carbons (Fsp3) is 0. The van der Waals surface area contributed by atoms with Crippen LogP contribution >= 0.6 is 0 Å². The third-order valence-corrected chi connectivity index (χ3v) is 18.9. The zero-order valence-corrected chi connectivity index (χ0v) is 50.0. The van der Waals surface area contributed by atoms with Crippen molar-refractivity contribution in [3.8, 4) is 45.0 Å². The monoisotopic (exact) mass is 1310 g/mol. The van der Waals surface area contributed by atoms with Crippen LogP contribution in [0.3, 0.4) is 0 Å². The molecule has 0 radical (unpaired) electrons. The molecule has 0 saturated heterocycles. The van der Waals surface area contributed by atoms with E-state index in [-0.39, 0.29) is 67.7 Å². The summed E-state index contributed by atoms with van der Waals surface area (Å²) in [5.74, 6) is -3.75. The summed E-state index contributed by atoms with van der Waals surface area (Å²) in [6, 6.07) is 45.8. The molecule has 2 aliphatic heterocycles. The number of nitrogens with zero attached hydrogens (tertiary/aromatic N) is 2. The van der Waals surface area contributed by atoms with E-state index >= 15 is 0 Å². The van der Waals surface area contributed by atoms with Gasteiger partial charge in [-0.2, -0.15) is 33.7 Å². The normalized spacial score (nSPS) is 12.2. The molecular weight excluding hydrogens is 1270 g/mol. The number of carbonyl (C=O) groups is 4. The van der Waals surface area contributed by atoms with E-state index in [0.29, 0.717) is 43.7 Å². The Kier molecular flexibility index (Phi) is 14.6. The second-order valence-electron chi connectivity index (χ2n) is 20.9. The van der Waals surface area contributed by atoms with Crippen molar-refractivity contribution in [2.24, 2.45) is 0 Å². The van der Waals surface area contributed by atoms with Crippen molar-refractivity contribution in [1.82, 2.24) is 19.9 Å². The largest absolute Gasteiger partial charge is 0.354 e. The van der Waals surface area contributed by atoms with Gasteiger partial charge in [0, 0.05) is 54.8 Å². The minimum Gasteiger partial charge on any atom is -0.354 e. The minimum absolute atomic E-state index is 0.0990. The predicted molar refractivity (Wildman–Crippen MR) is 342 cm³/mol. The topological polar surface area (TPSA) is 391 Å². The van der Waals surface area contributed by atoms with Crippen LogP contribution in [0.4, 0.5) is 22.7 Å². The summed E-state index contributed by atoms with van der Waals surface area (Å²) < 4.78 is 141. The van der Waals surface area contributed by atoms with Crippen LogP contribution in [0.25, 0.3) is 88.6 Å². The molecule has 0 saturated carbocycles. The molecule has 458 valence electrons. The number of hydrogen-bond donors (Lipinski definition) is 10. The maximum Gasteiger partial charge on any atom is 0.295 e. The van der Waals surface area contributed by atoms with Gasteiger partial charge in [0.2, 0.25) is 0 Å². The molecule has 0 atom stereocenters. The number of benzene rings is 8. The maximum absolute atomic E-state index is 14.3. The van der Waals surface area contributed by atoms with E-state index in [1.165, 1.54) is 84.9 Å². The molecule has 28 heteroatoms. The molecule has 10 N–H and O–H groups in total. The van der Waals surface area contributed by atoms with Crippen LogP contribution in [0.2, 0.25) is 0 Å². The van der Waals surface area contributed by atoms with E-state index in [9.17, 15) is 71.1 Å². The molecule has 92 heavy (non-hydrogen) atoms. The molecule has 0 unspecified atom stereocenters. The van der Waals surface area contributed by atoms with Crippen LogP contribution in [0.15, 0.2) is 214 Å². The van der Waals surface area contributed by atoms with Gasteiger partial charge in [-0.1, -0.05) is 97.1 Å². The van der Waals surface area contributed by atoms with Crippen LogP contribution < -0.4 is 21.3 Å². The van der Waals surface area contributed by atoms with Crippen LogP contribution in [0, 0.1) is 0 Å². The Labute approximate surface area is 520 Å². The van der Waals surface area contributed by atoms with Crippen LogP contribution in [0.1, 0.15) is 41.4 Å². The smallest absolute Gasteiger partial charge is 0.295 e. The third kappa shape index (κ3) is 11.0. The second-order valence-corrected chi connectivity index (χ2v) is 26.4. The summed E-state index contributed by atoms with van der Waals surface area (Å²) in [5, 5.41) is 12.6. The lowest BCUT2D eigenvalue weighted by Crippen LogP contribution is -2.16. The highest BCUT2D eigenvalue weighted by atomic mass is 32.2. The van der Waals surface area contributed by atoms with Gasteiger partial charge in [-0.25, -0.2) is 9.97 Å². The minimum atomic E-state index is -4.92. The first-order valence-corrected chi connectivity index (χ1v) is 32.9. The molecule has 3 aromatic heterocycles. The number of aromatic nitrogens is 4. The average Bonchev–Trinajstić information content (AvgIpc) is 1.59. The Morgan fingerprint density at radius 2 is 0.587 bits per heavy atom. The van der Waals surface area contributed by atoms with Gasteiger partial charge in [-0.3, -0.25) is 37.4 Å². The van der Waals surface area contributed by atoms with Crippen molar-refractivity contribution in [2.75, 3.05) is 21.3 Å². The molecule has 0 fully saturated rings. The SMILES string of the molecule is O=C(Nc1cccc2c1-c1cc3[nH]c(cc4nc(cc5[nH]c(cc-2n1)c1c(NC(=O)c2ccccc2S(=O)(=O)O)cccc51)-c1c(NC(=O)c2ccccc2S(=O)(=O)O)cccc1-4)c1c(NC(=O)c2ccccc2S(=O)(=O)O)cccc31)c1ccccc1S(=O)(=O)O. The molecule has 24 nitrogen and oxygen atoms in total. The fourth-order valence-corrected chi connectivity index (χ4v) is 14.1. The van der Waals surface area contributed by atoms with Gasteiger partial charge < -0.3 is 31.2 Å². The Bertz CT molecular complexity index is 5420. The van der Waals surface area contributed by atoms with Gasteiger partial charge in [-0.05, 0) is 97.1 Å². The molecule has 2 aliphatic rings. The average molecular weight is 1310 g/mol. The summed E-state index contributed by atoms with van der Waals surface area (Å²) in [4.78, 5) is 71.7. The van der Waals surface area contributed by atoms with Crippen molar-refractivity contribution in [1.29, 1.82) is 0 Å². The molecule has 11 aromatic rings. The zero-order chi connectivity index (χ0) is 64.8. The molecular formula is C64H42N8O16S4. The van der Waals surface area contributed by atoms with Crippen LogP contribution in [-0.2, 0) is 40.5 Å². The van der Waals surface area contributed by atoms with Crippen molar-refractivity contribution >= 4 is 130 Å². The van der Waals surface area contributed by atoms with Crippen molar-refractivity contribution in [2.45, 2.75) is 19.6 Å². The molecule has 8 bridgehead atoms. The second kappa shape index (κ2) is 22.4. The Morgan fingerprint density at radius 1 is 0.315 bits per heavy atom. The van der Waals surface area contributed by atoms with Gasteiger partial charge >= 0.3 is 0 Å². The van der Waals surface area contributed by atoms with Gasteiger partial charge in [-0.15, -0.1) is 0 Å². The van der Waals surface area contributed by atoms with Gasteiger partial charge in [0.05, 0.1) is 78.8 Å². The van der Waals surface area contributed by atoms with E-state index in [1.54, 1.807) is 84.9 Å². The lowest BCUT2D eigenvalue weighted by Gasteiger charge is -2.12. The number of anilines is 4. The maximum atomic E-state index is 14.3. The first kappa shape index (κ1) is 59.9. The van der Waals surface area contributed by atoms with E-state index in [1.807, 2.05) is 0 Å². The highest BCUT2D eigenvalue weighted by Crippen LogP contribution is 2.46.